The van der Waals surface area contributed by atoms with Gasteiger partial charge >= 0.3 is 0 Å². The number of fused-ring (bicyclic) bond motifs is 2. The lowest BCUT2D eigenvalue weighted by Crippen LogP contribution is -2.51. The molecule has 1 aromatic rings. The van der Waals surface area contributed by atoms with E-state index in [1.165, 1.54) is 31.5 Å². The van der Waals surface area contributed by atoms with Gasteiger partial charge in [0.15, 0.2) is 0 Å². The second-order valence-electron chi connectivity index (χ2n) is 6.25. The van der Waals surface area contributed by atoms with Crippen LogP contribution in [0.15, 0.2) is 24.3 Å². The normalized spacial score (nSPS) is 26.8. The highest BCUT2D eigenvalue weighted by Gasteiger charge is 2.46. The van der Waals surface area contributed by atoms with Gasteiger partial charge in [0.05, 0.1) is 0 Å². The van der Waals surface area contributed by atoms with Gasteiger partial charge < -0.3 is 10.6 Å². The zero-order chi connectivity index (χ0) is 12.8. The first kappa shape index (κ1) is 12.2. The third-order valence-corrected chi connectivity index (χ3v) is 5.12. The first-order chi connectivity index (χ1) is 8.63. The average Bonchev–Trinajstić information content (AvgIpc) is 2.64. The van der Waals surface area contributed by atoms with Crippen molar-refractivity contribution in [3.8, 4) is 0 Å². The molecule has 0 radical (unpaired) electrons. The summed E-state index contributed by atoms with van der Waals surface area (Å²) >= 11 is 0. The van der Waals surface area contributed by atoms with E-state index in [1.807, 2.05) is 0 Å². The van der Waals surface area contributed by atoms with Crippen LogP contribution in [0.1, 0.15) is 37.8 Å². The Morgan fingerprint density at radius 1 is 1.22 bits per heavy atom. The molecular formula is C16H24N2. The Morgan fingerprint density at radius 2 is 1.89 bits per heavy atom. The molecule has 2 N–H and O–H groups in total. The van der Waals surface area contributed by atoms with Gasteiger partial charge in [-0.05, 0) is 57.3 Å². The Morgan fingerprint density at radius 3 is 2.56 bits per heavy atom. The van der Waals surface area contributed by atoms with E-state index in [0.29, 0.717) is 12.1 Å². The van der Waals surface area contributed by atoms with E-state index in [-0.39, 0.29) is 5.41 Å². The van der Waals surface area contributed by atoms with Crippen LogP contribution < -0.4 is 5.73 Å². The largest absolute Gasteiger partial charge is 0.327 e. The van der Waals surface area contributed by atoms with Crippen molar-refractivity contribution >= 4 is 0 Å². The fraction of sp³-hybridized carbons (Fsp3) is 0.625. The molecule has 1 spiro atoms. The summed E-state index contributed by atoms with van der Waals surface area (Å²) in [5.41, 5.74) is 9.80. The third kappa shape index (κ3) is 1.70. The lowest BCUT2D eigenvalue weighted by molar-refractivity contribution is 0.120. The lowest BCUT2D eigenvalue weighted by atomic mass is 9.71. The molecular weight excluding hydrogens is 220 g/mol. The molecule has 1 fully saturated rings. The molecule has 1 atom stereocenters. The lowest BCUT2D eigenvalue weighted by Gasteiger charge is -2.44. The van der Waals surface area contributed by atoms with E-state index < -0.39 is 0 Å². The molecule has 98 valence electrons. The molecule has 0 amide bonds. The van der Waals surface area contributed by atoms with Crippen molar-refractivity contribution < 1.29 is 0 Å². The van der Waals surface area contributed by atoms with Gasteiger partial charge in [-0.2, -0.15) is 0 Å². The summed E-state index contributed by atoms with van der Waals surface area (Å²) in [6.45, 7) is 6.97. The summed E-state index contributed by atoms with van der Waals surface area (Å²) in [5, 5.41) is 0. The topological polar surface area (TPSA) is 29.3 Å². The molecule has 3 rings (SSSR count). The first-order valence-corrected chi connectivity index (χ1v) is 7.21. The van der Waals surface area contributed by atoms with Crippen molar-refractivity contribution in [2.45, 2.75) is 50.6 Å². The number of piperidine rings is 1. The van der Waals surface area contributed by atoms with Crippen molar-refractivity contribution in [1.29, 1.82) is 0 Å². The molecule has 18 heavy (non-hydrogen) atoms. The second kappa shape index (κ2) is 4.36. The highest BCUT2D eigenvalue weighted by Crippen LogP contribution is 2.45. The maximum Gasteiger partial charge on any atom is 0.0178 e. The average molecular weight is 244 g/mol. The summed E-state index contributed by atoms with van der Waals surface area (Å²) < 4.78 is 0. The predicted molar refractivity (Wildman–Crippen MR) is 75.7 cm³/mol. The SMILES string of the molecule is CC(C)N1CCC2(CC1)c1ccccc1C[C@H]2N. The Hall–Kier alpha value is -0.860. The van der Waals surface area contributed by atoms with Gasteiger partial charge in [-0.25, -0.2) is 0 Å². The van der Waals surface area contributed by atoms with Gasteiger partial charge in [-0.15, -0.1) is 0 Å². The van der Waals surface area contributed by atoms with Crippen LogP contribution in [-0.4, -0.2) is 30.1 Å². The molecule has 0 bridgehead atoms. The Bertz CT molecular complexity index is 430. The van der Waals surface area contributed by atoms with E-state index in [0.717, 1.165) is 6.42 Å². The molecule has 1 aromatic carbocycles. The fourth-order valence-corrected chi connectivity index (χ4v) is 3.90. The Balaban J connectivity index is 1.88. The summed E-state index contributed by atoms with van der Waals surface area (Å²) in [6, 6.07) is 9.88. The number of nitrogens with two attached hydrogens (primary N) is 1. The number of hydrogen-bond acceptors (Lipinski definition) is 2. The molecule has 1 heterocycles. The van der Waals surface area contributed by atoms with E-state index in [2.05, 4.69) is 43.0 Å². The van der Waals surface area contributed by atoms with Crippen LogP contribution >= 0.6 is 0 Å². The van der Waals surface area contributed by atoms with Gasteiger partial charge in [0.1, 0.15) is 0 Å². The van der Waals surface area contributed by atoms with Crippen molar-refractivity contribution in [1.82, 2.24) is 4.90 Å². The zero-order valence-electron chi connectivity index (χ0n) is 11.5. The quantitative estimate of drug-likeness (QED) is 0.821. The smallest absolute Gasteiger partial charge is 0.0178 e. The van der Waals surface area contributed by atoms with Gasteiger partial charge in [0.2, 0.25) is 0 Å². The van der Waals surface area contributed by atoms with E-state index in [4.69, 9.17) is 5.73 Å². The van der Waals surface area contributed by atoms with Crippen molar-refractivity contribution in [3.63, 3.8) is 0 Å². The van der Waals surface area contributed by atoms with Gasteiger partial charge in [0, 0.05) is 17.5 Å². The van der Waals surface area contributed by atoms with Crippen LogP contribution in [-0.2, 0) is 11.8 Å². The van der Waals surface area contributed by atoms with Crippen molar-refractivity contribution in [2.75, 3.05) is 13.1 Å². The van der Waals surface area contributed by atoms with Gasteiger partial charge in [-0.1, -0.05) is 24.3 Å². The third-order valence-electron chi connectivity index (χ3n) is 5.12. The molecule has 0 unspecified atom stereocenters. The summed E-state index contributed by atoms with van der Waals surface area (Å²) in [7, 11) is 0. The molecule has 0 saturated carbocycles. The number of benzene rings is 1. The van der Waals surface area contributed by atoms with E-state index in [9.17, 15) is 0 Å². The molecule has 1 aliphatic heterocycles. The maximum absolute atomic E-state index is 6.50. The van der Waals surface area contributed by atoms with Crippen molar-refractivity contribution in [3.05, 3.63) is 35.4 Å². The van der Waals surface area contributed by atoms with Crippen LogP contribution in [0, 0.1) is 0 Å². The minimum Gasteiger partial charge on any atom is -0.327 e. The monoisotopic (exact) mass is 244 g/mol. The zero-order valence-corrected chi connectivity index (χ0v) is 11.5. The second-order valence-corrected chi connectivity index (χ2v) is 6.25. The molecule has 2 aliphatic rings. The molecule has 1 aliphatic carbocycles. The number of hydrogen-bond donors (Lipinski definition) is 1. The minimum atomic E-state index is 0.266. The summed E-state index contributed by atoms with van der Waals surface area (Å²) in [5.74, 6) is 0. The highest BCUT2D eigenvalue weighted by molar-refractivity contribution is 5.42. The molecule has 2 heteroatoms. The Labute approximate surface area is 110 Å². The summed E-state index contributed by atoms with van der Waals surface area (Å²) in [4.78, 5) is 2.58. The van der Waals surface area contributed by atoms with Gasteiger partial charge in [0.25, 0.3) is 0 Å². The molecule has 2 nitrogen and oxygen atoms in total. The Kier molecular flexibility index (Phi) is 2.95. The molecule has 1 saturated heterocycles. The standard InChI is InChI=1S/C16H24N2/c1-12(2)18-9-7-16(8-10-18)14-6-4-3-5-13(14)11-15(16)17/h3-6,12,15H,7-11,17H2,1-2H3/t15-/m1/s1. The van der Waals surface area contributed by atoms with Crippen LogP contribution in [0.5, 0.6) is 0 Å². The number of rotatable bonds is 1. The highest BCUT2D eigenvalue weighted by atomic mass is 15.2. The fourth-order valence-electron chi connectivity index (χ4n) is 3.90. The van der Waals surface area contributed by atoms with Crippen LogP contribution in [0.3, 0.4) is 0 Å². The van der Waals surface area contributed by atoms with Gasteiger partial charge in [-0.3, -0.25) is 0 Å². The van der Waals surface area contributed by atoms with Crippen molar-refractivity contribution in [2.24, 2.45) is 5.73 Å². The molecule has 0 aromatic heterocycles. The van der Waals surface area contributed by atoms with Crippen LogP contribution in [0.2, 0.25) is 0 Å². The first-order valence-electron chi connectivity index (χ1n) is 7.21. The number of nitrogens with zero attached hydrogens (tertiary/aromatic N) is 1. The minimum absolute atomic E-state index is 0.266. The predicted octanol–water partition coefficient (Wildman–Crippen LogP) is 2.31. The maximum atomic E-state index is 6.50. The van der Waals surface area contributed by atoms with Crippen LogP contribution in [0.4, 0.5) is 0 Å². The number of likely N-dealkylation sites (tertiary alicyclic amines) is 1. The van der Waals surface area contributed by atoms with E-state index >= 15 is 0 Å². The summed E-state index contributed by atoms with van der Waals surface area (Å²) in [6.07, 6.45) is 3.52. The van der Waals surface area contributed by atoms with Crippen LogP contribution in [0.25, 0.3) is 0 Å². The van der Waals surface area contributed by atoms with E-state index in [1.54, 1.807) is 5.56 Å².